The maximum atomic E-state index is 13.4. The van der Waals surface area contributed by atoms with Gasteiger partial charge in [-0.3, -0.25) is 4.79 Å². The van der Waals surface area contributed by atoms with E-state index in [1.54, 1.807) is 6.92 Å². The standard InChI is InChI=1S/C13H13F2NO3/c1-3-5-10(13(18)19-2)16-12(17)11-8(14)6-4-7-9(11)15/h4-7H,3H2,1-2H3,(H,16,17)/b10-5-. The summed E-state index contributed by atoms with van der Waals surface area (Å²) < 4.78 is 31.2. The van der Waals surface area contributed by atoms with E-state index in [-0.39, 0.29) is 5.70 Å². The molecule has 0 unspecified atom stereocenters. The number of hydrogen-bond acceptors (Lipinski definition) is 3. The molecule has 19 heavy (non-hydrogen) atoms. The number of nitrogens with one attached hydrogen (secondary N) is 1. The third kappa shape index (κ3) is 3.61. The summed E-state index contributed by atoms with van der Waals surface area (Å²) in [4.78, 5) is 23.1. The molecule has 1 N–H and O–H groups in total. The maximum absolute atomic E-state index is 13.4. The third-order valence-electron chi connectivity index (χ3n) is 2.25. The first-order chi connectivity index (χ1) is 9.01. The predicted octanol–water partition coefficient (Wildman–Crippen LogP) is 2.16. The van der Waals surface area contributed by atoms with E-state index in [4.69, 9.17) is 0 Å². The Morgan fingerprint density at radius 1 is 1.32 bits per heavy atom. The summed E-state index contributed by atoms with van der Waals surface area (Å²) >= 11 is 0. The molecule has 0 aliphatic rings. The van der Waals surface area contributed by atoms with Gasteiger partial charge in [-0.1, -0.05) is 19.1 Å². The molecule has 0 atom stereocenters. The van der Waals surface area contributed by atoms with Crippen LogP contribution in [0.15, 0.2) is 30.0 Å². The highest BCUT2D eigenvalue weighted by atomic mass is 19.1. The average Bonchev–Trinajstić information content (AvgIpc) is 2.37. The van der Waals surface area contributed by atoms with Crippen molar-refractivity contribution in [3.63, 3.8) is 0 Å². The van der Waals surface area contributed by atoms with Crippen molar-refractivity contribution < 1.29 is 23.1 Å². The normalized spacial score (nSPS) is 11.1. The quantitative estimate of drug-likeness (QED) is 0.673. The number of allylic oxidation sites excluding steroid dienone is 1. The summed E-state index contributed by atoms with van der Waals surface area (Å²) in [6, 6.07) is 3.06. The summed E-state index contributed by atoms with van der Waals surface area (Å²) in [7, 11) is 1.14. The fourth-order valence-electron chi connectivity index (χ4n) is 1.40. The van der Waals surface area contributed by atoms with Gasteiger partial charge in [-0.25, -0.2) is 13.6 Å². The first-order valence-electron chi connectivity index (χ1n) is 5.55. The van der Waals surface area contributed by atoms with Crippen LogP contribution in [0.1, 0.15) is 23.7 Å². The molecule has 0 radical (unpaired) electrons. The molecule has 1 rings (SSSR count). The number of rotatable bonds is 4. The SMILES string of the molecule is CC/C=C(\NC(=O)c1c(F)cccc1F)C(=O)OC. The second-order valence-corrected chi connectivity index (χ2v) is 3.57. The molecule has 0 saturated carbocycles. The van der Waals surface area contributed by atoms with Gasteiger partial charge < -0.3 is 10.1 Å². The van der Waals surface area contributed by atoms with E-state index in [1.807, 2.05) is 0 Å². The van der Waals surface area contributed by atoms with Crippen molar-refractivity contribution in [2.24, 2.45) is 0 Å². The fourth-order valence-corrected chi connectivity index (χ4v) is 1.40. The first-order valence-corrected chi connectivity index (χ1v) is 5.55. The second-order valence-electron chi connectivity index (χ2n) is 3.57. The van der Waals surface area contributed by atoms with Crippen LogP contribution in [0.5, 0.6) is 0 Å². The third-order valence-corrected chi connectivity index (χ3v) is 2.25. The molecule has 1 aromatic carbocycles. The lowest BCUT2D eigenvalue weighted by Gasteiger charge is -2.09. The van der Waals surface area contributed by atoms with Crippen LogP contribution in [0.4, 0.5) is 8.78 Å². The van der Waals surface area contributed by atoms with E-state index in [2.05, 4.69) is 10.1 Å². The smallest absolute Gasteiger partial charge is 0.354 e. The number of methoxy groups -OCH3 is 1. The number of carbonyl (C=O) groups excluding carboxylic acids is 2. The molecule has 4 nitrogen and oxygen atoms in total. The van der Waals surface area contributed by atoms with Crippen LogP contribution in [-0.4, -0.2) is 19.0 Å². The number of ether oxygens (including phenoxy) is 1. The van der Waals surface area contributed by atoms with Crippen LogP contribution in [0, 0.1) is 11.6 Å². The van der Waals surface area contributed by atoms with Gasteiger partial charge >= 0.3 is 5.97 Å². The molecule has 1 amide bonds. The zero-order chi connectivity index (χ0) is 14.4. The Labute approximate surface area is 109 Å². The highest BCUT2D eigenvalue weighted by Gasteiger charge is 2.20. The summed E-state index contributed by atoms with van der Waals surface area (Å²) in [5, 5.41) is 2.13. The molecular formula is C13H13F2NO3. The van der Waals surface area contributed by atoms with Gasteiger partial charge in [0.15, 0.2) is 0 Å². The van der Waals surface area contributed by atoms with E-state index >= 15 is 0 Å². The molecule has 0 bridgehead atoms. The molecule has 0 heterocycles. The van der Waals surface area contributed by atoms with Gasteiger partial charge in [-0.2, -0.15) is 0 Å². The number of benzene rings is 1. The van der Waals surface area contributed by atoms with Crippen LogP contribution in [0.3, 0.4) is 0 Å². The lowest BCUT2D eigenvalue weighted by Crippen LogP contribution is -2.29. The molecule has 0 spiro atoms. The van der Waals surface area contributed by atoms with Gasteiger partial charge in [0.25, 0.3) is 5.91 Å². The van der Waals surface area contributed by atoms with Gasteiger partial charge in [0.1, 0.15) is 22.9 Å². The van der Waals surface area contributed by atoms with Gasteiger partial charge in [0.05, 0.1) is 7.11 Å². The van der Waals surface area contributed by atoms with E-state index < -0.39 is 29.1 Å². The zero-order valence-electron chi connectivity index (χ0n) is 10.5. The monoisotopic (exact) mass is 269 g/mol. The zero-order valence-corrected chi connectivity index (χ0v) is 10.5. The Morgan fingerprint density at radius 3 is 2.37 bits per heavy atom. The Morgan fingerprint density at radius 2 is 1.89 bits per heavy atom. The van der Waals surface area contributed by atoms with Crippen LogP contribution in [0.25, 0.3) is 0 Å². The highest BCUT2D eigenvalue weighted by molar-refractivity contribution is 6.01. The predicted molar refractivity (Wildman–Crippen MR) is 64.2 cm³/mol. The Kier molecular flexibility index (Phi) is 5.17. The minimum atomic E-state index is -1.04. The number of esters is 1. The van der Waals surface area contributed by atoms with E-state index in [9.17, 15) is 18.4 Å². The van der Waals surface area contributed by atoms with Gasteiger partial charge in [0, 0.05) is 0 Å². The number of carbonyl (C=O) groups is 2. The molecule has 0 fully saturated rings. The van der Waals surface area contributed by atoms with Crippen molar-refractivity contribution >= 4 is 11.9 Å². The van der Waals surface area contributed by atoms with Gasteiger partial charge in [-0.15, -0.1) is 0 Å². The van der Waals surface area contributed by atoms with Crippen molar-refractivity contribution in [1.29, 1.82) is 0 Å². The molecule has 1 aromatic rings. The number of hydrogen-bond donors (Lipinski definition) is 1. The van der Waals surface area contributed by atoms with Gasteiger partial charge in [-0.05, 0) is 18.6 Å². The van der Waals surface area contributed by atoms with Crippen LogP contribution < -0.4 is 5.32 Å². The first kappa shape index (κ1) is 14.8. The van der Waals surface area contributed by atoms with Gasteiger partial charge in [0.2, 0.25) is 0 Å². The van der Waals surface area contributed by atoms with Crippen molar-refractivity contribution in [1.82, 2.24) is 5.32 Å². The number of amides is 1. The van der Waals surface area contributed by atoms with Crippen LogP contribution in [-0.2, 0) is 9.53 Å². The molecule has 0 aromatic heterocycles. The molecule has 0 aliphatic carbocycles. The van der Waals surface area contributed by atoms with Crippen molar-refractivity contribution in [2.75, 3.05) is 7.11 Å². The maximum Gasteiger partial charge on any atom is 0.354 e. The van der Waals surface area contributed by atoms with Crippen molar-refractivity contribution in [3.8, 4) is 0 Å². The minimum Gasteiger partial charge on any atom is -0.464 e. The van der Waals surface area contributed by atoms with E-state index in [1.165, 1.54) is 6.08 Å². The molecular weight excluding hydrogens is 256 g/mol. The minimum absolute atomic E-state index is 0.155. The lowest BCUT2D eigenvalue weighted by atomic mass is 10.2. The topological polar surface area (TPSA) is 55.4 Å². The lowest BCUT2D eigenvalue weighted by molar-refractivity contribution is -0.136. The molecule has 6 heteroatoms. The Balaban J connectivity index is 3.01. The summed E-state index contributed by atoms with van der Waals surface area (Å²) in [5.41, 5.74) is -0.897. The van der Waals surface area contributed by atoms with Crippen LogP contribution in [0.2, 0.25) is 0 Å². The summed E-state index contributed by atoms with van der Waals surface area (Å²) in [6.45, 7) is 1.73. The van der Waals surface area contributed by atoms with Crippen molar-refractivity contribution in [3.05, 3.63) is 47.2 Å². The second kappa shape index (κ2) is 6.63. The van der Waals surface area contributed by atoms with E-state index in [0.717, 1.165) is 25.3 Å². The largest absolute Gasteiger partial charge is 0.464 e. The average molecular weight is 269 g/mol. The van der Waals surface area contributed by atoms with Crippen LogP contribution >= 0.6 is 0 Å². The van der Waals surface area contributed by atoms with E-state index in [0.29, 0.717) is 6.42 Å². The fraction of sp³-hybridized carbons (Fsp3) is 0.231. The van der Waals surface area contributed by atoms with Crippen molar-refractivity contribution in [2.45, 2.75) is 13.3 Å². The summed E-state index contributed by atoms with van der Waals surface area (Å²) in [5.74, 6) is -3.83. The molecule has 0 saturated heterocycles. The summed E-state index contributed by atoms with van der Waals surface area (Å²) in [6.07, 6.45) is 1.84. The highest BCUT2D eigenvalue weighted by Crippen LogP contribution is 2.12. The molecule has 102 valence electrons. The Bertz CT molecular complexity index is 506. The molecule has 0 aliphatic heterocycles. The number of halogens is 2. The Hall–Kier alpha value is -2.24.